The van der Waals surface area contributed by atoms with Crippen molar-refractivity contribution in [2.24, 2.45) is 13.0 Å². The Labute approximate surface area is 84.7 Å². The minimum Gasteiger partial charge on any atom is -0.311 e. The first-order valence-corrected chi connectivity index (χ1v) is 5.40. The van der Waals surface area contributed by atoms with Crippen molar-refractivity contribution < 1.29 is 0 Å². The third-order valence-electron chi connectivity index (χ3n) is 3.02. The molecule has 14 heavy (non-hydrogen) atoms. The van der Waals surface area contributed by atoms with Crippen molar-refractivity contribution in [2.45, 2.75) is 32.2 Å². The lowest BCUT2D eigenvalue weighted by Crippen LogP contribution is -2.22. The van der Waals surface area contributed by atoms with Crippen molar-refractivity contribution in [1.82, 2.24) is 20.3 Å². The van der Waals surface area contributed by atoms with Crippen molar-refractivity contribution in [1.29, 1.82) is 0 Å². The van der Waals surface area contributed by atoms with Crippen LogP contribution < -0.4 is 5.32 Å². The number of hydrogen-bond donors (Lipinski definition) is 1. The molecule has 0 bridgehead atoms. The molecule has 0 saturated heterocycles. The van der Waals surface area contributed by atoms with Crippen LogP contribution in [0.4, 0.5) is 0 Å². The second-order valence-corrected chi connectivity index (χ2v) is 4.13. The van der Waals surface area contributed by atoms with Gasteiger partial charge in [-0.3, -0.25) is 4.68 Å². The molecule has 0 radical (unpaired) electrons. The number of aryl methyl sites for hydroxylation is 1. The van der Waals surface area contributed by atoms with Gasteiger partial charge in [0.25, 0.3) is 0 Å². The summed E-state index contributed by atoms with van der Waals surface area (Å²) in [6.45, 7) is 2.03. The zero-order valence-electron chi connectivity index (χ0n) is 8.74. The van der Waals surface area contributed by atoms with Crippen LogP contribution in [-0.2, 0) is 13.6 Å². The lowest BCUT2D eigenvalue weighted by Gasteiger charge is -2.09. The molecule has 4 nitrogen and oxygen atoms in total. The van der Waals surface area contributed by atoms with Gasteiger partial charge < -0.3 is 5.32 Å². The molecule has 0 spiro atoms. The first kappa shape index (κ1) is 9.65. The molecule has 1 fully saturated rings. The van der Waals surface area contributed by atoms with Gasteiger partial charge in [-0.25, -0.2) is 0 Å². The van der Waals surface area contributed by atoms with Crippen LogP contribution in [0.15, 0.2) is 6.20 Å². The van der Waals surface area contributed by atoms with Crippen molar-refractivity contribution >= 4 is 0 Å². The topological polar surface area (TPSA) is 42.7 Å². The average molecular weight is 194 g/mol. The van der Waals surface area contributed by atoms with E-state index >= 15 is 0 Å². The van der Waals surface area contributed by atoms with Gasteiger partial charge in [0.1, 0.15) is 0 Å². The van der Waals surface area contributed by atoms with E-state index in [0.29, 0.717) is 0 Å². The summed E-state index contributed by atoms with van der Waals surface area (Å²) < 4.78 is 1.82. The third-order valence-corrected chi connectivity index (χ3v) is 3.02. The van der Waals surface area contributed by atoms with Crippen molar-refractivity contribution in [3.8, 4) is 0 Å². The Balaban J connectivity index is 1.70. The zero-order chi connectivity index (χ0) is 9.80. The number of hydrogen-bond acceptors (Lipinski definition) is 3. The summed E-state index contributed by atoms with van der Waals surface area (Å²) in [6.07, 6.45) is 7.45. The van der Waals surface area contributed by atoms with Crippen LogP contribution in [0.2, 0.25) is 0 Å². The highest BCUT2D eigenvalue weighted by atomic mass is 15.4. The predicted molar refractivity (Wildman–Crippen MR) is 54.7 cm³/mol. The second-order valence-electron chi connectivity index (χ2n) is 4.13. The molecule has 1 aromatic heterocycles. The van der Waals surface area contributed by atoms with Gasteiger partial charge in [0, 0.05) is 13.6 Å². The lowest BCUT2D eigenvalue weighted by atomic mass is 10.1. The SMILES string of the molecule is Cn1nncc1CNCC1CCCC1. The Morgan fingerprint density at radius 3 is 2.93 bits per heavy atom. The van der Waals surface area contributed by atoms with Crippen LogP contribution >= 0.6 is 0 Å². The van der Waals surface area contributed by atoms with E-state index in [1.165, 1.54) is 25.7 Å². The maximum Gasteiger partial charge on any atom is 0.0738 e. The van der Waals surface area contributed by atoms with Gasteiger partial charge >= 0.3 is 0 Å². The minimum absolute atomic E-state index is 0.889. The van der Waals surface area contributed by atoms with Crippen LogP contribution in [0, 0.1) is 5.92 Å². The molecule has 0 amide bonds. The highest BCUT2D eigenvalue weighted by molar-refractivity contribution is 4.92. The molecule has 0 unspecified atom stereocenters. The molecule has 0 atom stereocenters. The third kappa shape index (κ3) is 2.32. The Bertz CT molecular complexity index is 275. The molecule has 1 saturated carbocycles. The molecule has 1 aliphatic rings. The van der Waals surface area contributed by atoms with Gasteiger partial charge in [0.2, 0.25) is 0 Å². The van der Waals surface area contributed by atoms with E-state index in [9.17, 15) is 0 Å². The first-order valence-electron chi connectivity index (χ1n) is 5.40. The summed E-state index contributed by atoms with van der Waals surface area (Å²) in [5, 5.41) is 11.2. The van der Waals surface area contributed by atoms with E-state index in [0.717, 1.165) is 24.7 Å². The molecule has 2 rings (SSSR count). The number of nitrogens with one attached hydrogen (secondary N) is 1. The molecule has 78 valence electrons. The van der Waals surface area contributed by atoms with Gasteiger partial charge in [0.05, 0.1) is 11.9 Å². The average Bonchev–Trinajstić information content (AvgIpc) is 2.78. The van der Waals surface area contributed by atoms with Crippen molar-refractivity contribution in [2.75, 3.05) is 6.54 Å². The van der Waals surface area contributed by atoms with Crippen LogP contribution in [-0.4, -0.2) is 21.5 Å². The summed E-state index contributed by atoms with van der Waals surface area (Å²) in [5.41, 5.74) is 1.16. The summed E-state index contributed by atoms with van der Waals surface area (Å²) >= 11 is 0. The van der Waals surface area contributed by atoms with Crippen LogP contribution in [0.5, 0.6) is 0 Å². The smallest absolute Gasteiger partial charge is 0.0738 e. The Morgan fingerprint density at radius 1 is 1.50 bits per heavy atom. The normalized spacial score (nSPS) is 17.8. The Morgan fingerprint density at radius 2 is 2.29 bits per heavy atom. The Kier molecular flexibility index (Phi) is 3.14. The zero-order valence-corrected chi connectivity index (χ0v) is 8.74. The van der Waals surface area contributed by atoms with E-state index in [1.807, 2.05) is 17.9 Å². The maximum absolute atomic E-state index is 3.89. The van der Waals surface area contributed by atoms with Crippen LogP contribution in [0.1, 0.15) is 31.4 Å². The molecule has 1 N–H and O–H groups in total. The number of nitrogens with zero attached hydrogens (tertiary/aromatic N) is 3. The van der Waals surface area contributed by atoms with Crippen LogP contribution in [0.3, 0.4) is 0 Å². The van der Waals surface area contributed by atoms with Crippen molar-refractivity contribution in [3.05, 3.63) is 11.9 Å². The molecular weight excluding hydrogens is 176 g/mol. The molecular formula is C10H18N4. The fourth-order valence-electron chi connectivity index (χ4n) is 2.09. The predicted octanol–water partition coefficient (Wildman–Crippen LogP) is 1.09. The van der Waals surface area contributed by atoms with Crippen molar-refractivity contribution in [3.63, 3.8) is 0 Å². The minimum atomic E-state index is 0.889. The lowest BCUT2D eigenvalue weighted by molar-refractivity contribution is 0.481. The molecule has 1 aliphatic carbocycles. The fraction of sp³-hybridized carbons (Fsp3) is 0.800. The standard InChI is InChI=1S/C10H18N4/c1-14-10(8-12-13-14)7-11-6-9-4-2-3-5-9/h8-9,11H,2-7H2,1H3. The fourth-order valence-corrected chi connectivity index (χ4v) is 2.09. The van der Waals surface area contributed by atoms with Gasteiger partial charge in [-0.2, -0.15) is 0 Å². The highest BCUT2D eigenvalue weighted by Gasteiger charge is 2.14. The molecule has 4 heteroatoms. The largest absolute Gasteiger partial charge is 0.311 e. The van der Waals surface area contributed by atoms with E-state index in [-0.39, 0.29) is 0 Å². The quantitative estimate of drug-likeness (QED) is 0.780. The molecule has 1 aromatic rings. The number of aromatic nitrogens is 3. The monoisotopic (exact) mass is 194 g/mol. The number of rotatable bonds is 4. The first-order chi connectivity index (χ1) is 6.86. The summed E-state index contributed by atoms with van der Waals surface area (Å²) in [5.74, 6) is 0.899. The van der Waals surface area contributed by atoms with Gasteiger partial charge in [-0.1, -0.05) is 18.1 Å². The summed E-state index contributed by atoms with van der Waals surface area (Å²) in [6, 6.07) is 0. The van der Waals surface area contributed by atoms with E-state index in [1.54, 1.807) is 0 Å². The van der Waals surface area contributed by atoms with Gasteiger partial charge in [-0.05, 0) is 25.3 Å². The molecule has 0 aromatic carbocycles. The van der Waals surface area contributed by atoms with Crippen LogP contribution in [0.25, 0.3) is 0 Å². The van der Waals surface area contributed by atoms with Gasteiger partial charge in [-0.15, -0.1) is 5.10 Å². The molecule has 1 heterocycles. The highest BCUT2D eigenvalue weighted by Crippen LogP contribution is 2.23. The van der Waals surface area contributed by atoms with Gasteiger partial charge in [0.15, 0.2) is 0 Å². The Hall–Kier alpha value is -0.900. The molecule has 0 aliphatic heterocycles. The maximum atomic E-state index is 3.89. The summed E-state index contributed by atoms with van der Waals surface area (Å²) in [4.78, 5) is 0. The second kappa shape index (κ2) is 4.55. The van der Waals surface area contributed by atoms with E-state index < -0.39 is 0 Å². The van der Waals surface area contributed by atoms with E-state index in [4.69, 9.17) is 0 Å². The summed E-state index contributed by atoms with van der Waals surface area (Å²) in [7, 11) is 1.93. The van der Waals surface area contributed by atoms with E-state index in [2.05, 4.69) is 15.6 Å².